The molecule has 0 bridgehead atoms. The topological polar surface area (TPSA) is 40.6 Å². The van der Waals surface area contributed by atoms with Crippen molar-refractivity contribution < 1.29 is 14.0 Å². The molecule has 1 unspecified atom stereocenters. The molecule has 0 spiro atoms. The summed E-state index contributed by atoms with van der Waals surface area (Å²) < 4.78 is 13.7. The summed E-state index contributed by atoms with van der Waals surface area (Å²) in [5.41, 5.74) is 2.50. The summed E-state index contributed by atoms with van der Waals surface area (Å²) in [5, 5.41) is 2.08. The zero-order chi connectivity index (χ0) is 22.5. The van der Waals surface area contributed by atoms with Crippen LogP contribution in [0.1, 0.15) is 52.2 Å². The summed E-state index contributed by atoms with van der Waals surface area (Å²) in [6, 6.07) is 17.6. The first kappa shape index (κ1) is 22.2. The van der Waals surface area contributed by atoms with Crippen molar-refractivity contribution in [1.82, 2.24) is 9.80 Å². The van der Waals surface area contributed by atoms with Crippen LogP contribution >= 0.6 is 11.3 Å². The van der Waals surface area contributed by atoms with Crippen molar-refractivity contribution in [3.63, 3.8) is 0 Å². The molecule has 2 amide bonds. The van der Waals surface area contributed by atoms with Crippen molar-refractivity contribution in [3.8, 4) is 0 Å². The second kappa shape index (κ2) is 10.1. The minimum absolute atomic E-state index is 0.0157. The number of amides is 2. The zero-order valence-electron chi connectivity index (χ0n) is 18.2. The van der Waals surface area contributed by atoms with Gasteiger partial charge in [0.1, 0.15) is 12.4 Å². The number of hydrogen-bond acceptors (Lipinski definition) is 3. The standard InChI is InChI=1S/C26H27FN2O2S/c1-2-3-14-28(26(31)20-10-7-11-21(27)17-20)18-24(30)29-15-12-23-22(13-16-32-23)25(29)19-8-5-4-6-9-19/h4-11,13,16-17,25H,2-3,12,14-15,18H2,1H3. The number of fused-ring (bicyclic) bond motifs is 1. The quantitative estimate of drug-likeness (QED) is 0.490. The van der Waals surface area contributed by atoms with Gasteiger partial charge in [-0.2, -0.15) is 0 Å². The van der Waals surface area contributed by atoms with Crippen molar-refractivity contribution in [2.24, 2.45) is 0 Å². The maximum atomic E-state index is 13.7. The van der Waals surface area contributed by atoms with Crippen LogP contribution in [0.3, 0.4) is 0 Å². The Morgan fingerprint density at radius 2 is 1.94 bits per heavy atom. The van der Waals surface area contributed by atoms with Gasteiger partial charge in [0.25, 0.3) is 5.91 Å². The third-order valence-electron chi connectivity index (χ3n) is 5.87. The Morgan fingerprint density at radius 3 is 2.69 bits per heavy atom. The summed E-state index contributed by atoms with van der Waals surface area (Å²) in [7, 11) is 0. The predicted molar refractivity (Wildman–Crippen MR) is 125 cm³/mol. The maximum Gasteiger partial charge on any atom is 0.254 e. The smallest absolute Gasteiger partial charge is 0.254 e. The molecular weight excluding hydrogens is 423 g/mol. The van der Waals surface area contributed by atoms with Crippen LogP contribution in [-0.2, 0) is 11.2 Å². The van der Waals surface area contributed by atoms with E-state index in [1.54, 1.807) is 22.3 Å². The Kier molecular flexibility index (Phi) is 7.00. The van der Waals surface area contributed by atoms with Crippen LogP contribution in [0.5, 0.6) is 0 Å². The van der Waals surface area contributed by atoms with Crippen molar-refractivity contribution in [3.05, 3.63) is 93.4 Å². The number of unbranched alkanes of at least 4 members (excludes halogenated alkanes) is 1. The molecule has 1 aliphatic rings. The number of nitrogens with zero attached hydrogens (tertiary/aromatic N) is 2. The fourth-order valence-electron chi connectivity index (χ4n) is 4.24. The SMILES string of the molecule is CCCCN(CC(=O)N1CCc2sccc2C1c1ccccc1)C(=O)c1cccc(F)c1. The van der Waals surface area contributed by atoms with Crippen LogP contribution in [0, 0.1) is 5.82 Å². The number of thiophene rings is 1. The first-order chi connectivity index (χ1) is 15.6. The third kappa shape index (κ3) is 4.75. The van der Waals surface area contributed by atoms with Crippen LogP contribution in [0.15, 0.2) is 66.0 Å². The lowest BCUT2D eigenvalue weighted by atomic mass is 9.93. The highest BCUT2D eigenvalue weighted by Crippen LogP contribution is 2.37. The van der Waals surface area contributed by atoms with Crippen molar-refractivity contribution >= 4 is 23.2 Å². The summed E-state index contributed by atoms with van der Waals surface area (Å²) in [6.07, 6.45) is 2.50. The lowest BCUT2D eigenvalue weighted by Crippen LogP contribution is -2.47. The molecule has 1 aromatic heterocycles. The Morgan fingerprint density at radius 1 is 1.12 bits per heavy atom. The number of benzene rings is 2. The first-order valence-corrected chi connectivity index (χ1v) is 11.9. The summed E-state index contributed by atoms with van der Waals surface area (Å²) in [5.74, 6) is -0.852. The van der Waals surface area contributed by atoms with Crippen LogP contribution in [0.25, 0.3) is 0 Å². The number of halogens is 1. The van der Waals surface area contributed by atoms with Gasteiger partial charge in [0, 0.05) is 23.5 Å². The monoisotopic (exact) mass is 450 g/mol. The highest BCUT2D eigenvalue weighted by Gasteiger charge is 2.34. The van der Waals surface area contributed by atoms with Gasteiger partial charge >= 0.3 is 0 Å². The molecule has 0 N–H and O–H groups in total. The van der Waals surface area contributed by atoms with E-state index >= 15 is 0 Å². The number of hydrogen-bond donors (Lipinski definition) is 0. The minimum atomic E-state index is -0.456. The van der Waals surface area contributed by atoms with Gasteiger partial charge in [0.15, 0.2) is 0 Å². The molecular formula is C26H27FN2O2S. The van der Waals surface area contributed by atoms with Gasteiger partial charge < -0.3 is 9.80 Å². The highest BCUT2D eigenvalue weighted by atomic mass is 32.1. The van der Waals surface area contributed by atoms with E-state index in [1.807, 2.05) is 42.2 Å². The number of carbonyl (C=O) groups excluding carboxylic acids is 2. The van der Waals surface area contributed by atoms with Crippen LogP contribution < -0.4 is 0 Å². The van der Waals surface area contributed by atoms with Crippen molar-refractivity contribution in [2.75, 3.05) is 19.6 Å². The van der Waals surface area contributed by atoms with E-state index in [0.29, 0.717) is 13.1 Å². The van der Waals surface area contributed by atoms with E-state index in [-0.39, 0.29) is 30.0 Å². The molecule has 0 saturated heterocycles. The summed E-state index contributed by atoms with van der Waals surface area (Å²) >= 11 is 1.73. The predicted octanol–water partition coefficient (Wildman–Crippen LogP) is 5.30. The molecule has 4 rings (SSSR count). The summed E-state index contributed by atoms with van der Waals surface area (Å²) in [6.45, 7) is 3.10. The van der Waals surface area contributed by atoms with Crippen LogP contribution in [0.2, 0.25) is 0 Å². The van der Waals surface area contributed by atoms with Gasteiger partial charge in [-0.25, -0.2) is 4.39 Å². The fourth-order valence-corrected chi connectivity index (χ4v) is 5.14. The molecule has 0 radical (unpaired) electrons. The first-order valence-electron chi connectivity index (χ1n) is 11.0. The fraction of sp³-hybridized carbons (Fsp3) is 0.308. The van der Waals surface area contributed by atoms with Gasteiger partial charge in [-0.3, -0.25) is 9.59 Å². The van der Waals surface area contributed by atoms with E-state index in [1.165, 1.54) is 23.1 Å². The lowest BCUT2D eigenvalue weighted by molar-refractivity contribution is -0.134. The molecule has 32 heavy (non-hydrogen) atoms. The molecule has 1 atom stereocenters. The molecule has 4 nitrogen and oxygen atoms in total. The van der Waals surface area contributed by atoms with Crippen LogP contribution in [0.4, 0.5) is 4.39 Å². The summed E-state index contributed by atoms with van der Waals surface area (Å²) in [4.78, 5) is 31.4. The maximum absolute atomic E-state index is 13.7. The van der Waals surface area contributed by atoms with E-state index in [9.17, 15) is 14.0 Å². The molecule has 2 aromatic carbocycles. The molecule has 6 heteroatoms. The zero-order valence-corrected chi connectivity index (χ0v) is 19.0. The largest absolute Gasteiger partial charge is 0.330 e. The number of rotatable bonds is 7. The molecule has 0 aliphatic carbocycles. The van der Waals surface area contributed by atoms with E-state index in [2.05, 4.69) is 11.4 Å². The molecule has 0 saturated carbocycles. The van der Waals surface area contributed by atoms with Crippen molar-refractivity contribution in [2.45, 2.75) is 32.2 Å². The van der Waals surface area contributed by atoms with Gasteiger partial charge in [0.05, 0.1) is 6.04 Å². The molecule has 1 aliphatic heterocycles. The minimum Gasteiger partial charge on any atom is -0.330 e. The normalized spacial score (nSPS) is 15.3. The van der Waals surface area contributed by atoms with Crippen LogP contribution in [-0.4, -0.2) is 41.2 Å². The molecule has 3 aromatic rings. The van der Waals surface area contributed by atoms with E-state index < -0.39 is 5.82 Å². The Balaban J connectivity index is 1.60. The van der Waals surface area contributed by atoms with Gasteiger partial charge in [0.2, 0.25) is 5.91 Å². The van der Waals surface area contributed by atoms with E-state index in [0.717, 1.165) is 30.4 Å². The average molecular weight is 451 g/mol. The highest BCUT2D eigenvalue weighted by molar-refractivity contribution is 7.10. The molecule has 166 valence electrons. The Hall–Kier alpha value is -2.99. The molecule has 2 heterocycles. The average Bonchev–Trinajstić information content (AvgIpc) is 3.30. The Labute approximate surface area is 192 Å². The lowest BCUT2D eigenvalue weighted by Gasteiger charge is -2.37. The van der Waals surface area contributed by atoms with Gasteiger partial charge in [-0.1, -0.05) is 49.7 Å². The van der Waals surface area contributed by atoms with Gasteiger partial charge in [-0.15, -0.1) is 11.3 Å². The second-order valence-corrected chi connectivity index (χ2v) is 9.04. The van der Waals surface area contributed by atoms with E-state index in [4.69, 9.17) is 0 Å². The second-order valence-electron chi connectivity index (χ2n) is 8.04. The van der Waals surface area contributed by atoms with Crippen molar-refractivity contribution in [1.29, 1.82) is 0 Å². The third-order valence-corrected chi connectivity index (χ3v) is 6.86. The Bertz CT molecular complexity index is 1080. The number of carbonyl (C=O) groups is 2. The van der Waals surface area contributed by atoms with Gasteiger partial charge in [-0.05, 0) is 53.6 Å². The molecule has 0 fully saturated rings.